The Hall–Kier alpha value is -2.00. The minimum Gasteiger partial charge on any atom is -0.374 e. The molecule has 3 aromatic rings. The van der Waals surface area contributed by atoms with E-state index in [1.165, 1.54) is 11.8 Å². The third-order valence-corrected chi connectivity index (χ3v) is 6.88. The molecule has 0 spiro atoms. The number of ether oxygens (including phenoxy) is 1. The second-order valence-corrected chi connectivity index (χ2v) is 10.00. The molecule has 1 aromatic carbocycles. The maximum absolute atomic E-state index is 12.5. The average molecular weight is 457 g/mol. The summed E-state index contributed by atoms with van der Waals surface area (Å²) < 4.78 is 5.84. The lowest BCUT2D eigenvalue weighted by atomic mass is 10.2. The van der Waals surface area contributed by atoms with Crippen molar-refractivity contribution in [2.24, 2.45) is 5.92 Å². The molecule has 1 amide bonds. The van der Waals surface area contributed by atoms with Crippen molar-refractivity contribution >= 4 is 39.9 Å². The van der Waals surface area contributed by atoms with Crippen molar-refractivity contribution in [1.82, 2.24) is 20.2 Å². The normalized spacial score (nSPS) is 17.3. The molecule has 1 saturated heterocycles. The Morgan fingerprint density at radius 1 is 1.29 bits per heavy atom. The molecule has 0 aliphatic carbocycles. The molecule has 1 aliphatic rings. The molecule has 3 heterocycles. The van der Waals surface area contributed by atoms with Crippen LogP contribution in [0.15, 0.2) is 46.8 Å². The van der Waals surface area contributed by atoms with E-state index in [4.69, 9.17) is 14.7 Å². The van der Waals surface area contributed by atoms with Crippen LogP contribution in [0.25, 0.3) is 21.6 Å². The van der Waals surface area contributed by atoms with Crippen molar-refractivity contribution < 1.29 is 9.53 Å². The van der Waals surface area contributed by atoms with Gasteiger partial charge < -0.3 is 10.1 Å². The summed E-state index contributed by atoms with van der Waals surface area (Å²) in [7, 11) is 0. The SMILES string of the molecule is CC(C)CN1CCOC(CNC(=O)CSc2nc(-c3cccs3)nc3ccccc23)C1. The van der Waals surface area contributed by atoms with Crippen molar-refractivity contribution in [3.05, 3.63) is 41.8 Å². The van der Waals surface area contributed by atoms with Crippen molar-refractivity contribution in [2.45, 2.75) is 25.0 Å². The lowest BCUT2D eigenvalue weighted by Crippen LogP contribution is -2.48. The highest BCUT2D eigenvalue weighted by atomic mass is 32.2. The van der Waals surface area contributed by atoms with Crippen LogP contribution in [0.5, 0.6) is 0 Å². The monoisotopic (exact) mass is 456 g/mol. The zero-order valence-corrected chi connectivity index (χ0v) is 19.5. The van der Waals surface area contributed by atoms with Gasteiger partial charge in [-0.05, 0) is 23.4 Å². The molecule has 4 rings (SSSR count). The first-order valence-corrected chi connectivity index (χ1v) is 12.5. The summed E-state index contributed by atoms with van der Waals surface area (Å²) in [4.78, 5) is 25.4. The van der Waals surface area contributed by atoms with Gasteiger partial charge >= 0.3 is 0 Å². The molecule has 164 valence electrons. The number of thioether (sulfide) groups is 1. The van der Waals surface area contributed by atoms with Crippen LogP contribution in [0.2, 0.25) is 0 Å². The Balaban J connectivity index is 1.36. The summed E-state index contributed by atoms with van der Waals surface area (Å²) in [6, 6.07) is 12.0. The second kappa shape index (κ2) is 10.5. The quantitative estimate of drug-likeness (QED) is 0.409. The third kappa shape index (κ3) is 6.04. The third-order valence-electron chi connectivity index (χ3n) is 5.02. The first-order chi connectivity index (χ1) is 15.1. The molecule has 1 aliphatic heterocycles. The van der Waals surface area contributed by atoms with Gasteiger partial charge in [0.05, 0.1) is 28.9 Å². The maximum Gasteiger partial charge on any atom is 0.230 e. The topological polar surface area (TPSA) is 67.3 Å². The maximum atomic E-state index is 12.5. The fourth-order valence-electron chi connectivity index (χ4n) is 3.67. The number of rotatable bonds is 8. The number of hydrogen-bond acceptors (Lipinski definition) is 7. The summed E-state index contributed by atoms with van der Waals surface area (Å²) in [5.74, 6) is 1.65. The number of thiophene rings is 1. The Morgan fingerprint density at radius 3 is 2.97 bits per heavy atom. The van der Waals surface area contributed by atoms with Crippen molar-refractivity contribution in [3.8, 4) is 10.7 Å². The highest BCUT2D eigenvalue weighted by Crippen LogP contribution is 2.29. The van der Waals surface area contributed by atoms with E-state index < -0.39 is 0 Å². The molecule has 1 N–H and O–H groups in total. The smallest absolute Gasteiger partial charge is 0.230 e. The molecular weight excluding hydrogens is 428 g/mol. The summed E-state index contributed by atoms with van der Waals surface area (Å²) in [5, 5.41) is 6.86. The number of fused-ring (bicyclic) bond motifs is 1. The first-order valence-electron chi connectivity index (χ1n) is 10.6. The van der Waals surface area contributed by atoms with Crippen LogP contribution >= 0.6 is 23.1 Å². The fraction of sp³-hybridized carbons (Fsp3) is 0.435. The number of carbonyl (C=O) groups excluding carboxylic acids is 1. The van der Waals surface area contributed by atoms with Gasteiger partial charge in [-0.25, -0.2) is 9.97 Å². The van der Waals surface area contributed by atoms with E-state index in [0.717, 1.165) is 47.0 Å². The summed E-state index contributed by atoms with van der Waals surface area (Å²) >= 11 is 3.07. The number of nitrogens with one attached hydrogen (secondary N) is 1. The van der Waals surface area contributed by atoms with Gasteiger partial charge in [0, 0.05) is 31.6 Å². The molecule has 1 unspecified atom stereocenters. The molecule has 6 nitrogen and oxygen atoms in total. The molecule has 2 aromatic heterocycles. The van der Waals surface area contributed by atoms with Crippen molar-refractivity contribution in [1.29, 1.82) is 0 Å². The van der Waals surface area contributed by atoms with E-state index in [1.807, 2.05) is 41.8 Å². The Bertz CT molecular complexity index is 1010. The van der Waals surface area contributed by atoms with Gasteiger partial charge in [0.1, 0.15) is 5.03 Å². The van der Waals surface area contributed by atoms with E-state index in [1.54, 1.807) is 11.3 Å². The van der Waals surface area contributed by atoms with E-state index in [-0.39, 0.29) is 12.0 Å². The number of para-hydroxylation sites is 1. The minimum atomic E-state index is -0.00468. The summed E-state index contributed by atoms with van der Waals surface area (Å²) in [6.45, 7) is 8.61. The number of benzene rings is 1. The van der Waals surface area contributed by atoms with Crippen LogP contribution in [-0.4, -0.2) is 65.4 Å². The Kier molecular flexibility index (Phi) is 7.55. The standard InChI is InChI=1S/C23H28N4O2S2/c1-16(2)13-27-9-10-29-17(14-27)12-24-21(28)15-31-23-18-6-3-4-7-19(18)25-22(26-23)20-8-5-11-30-20/h3-8,11,16-17H,9-10,12-15H2,1-2H3,(H,24,28). The number of nitrogens with zero attached hydrogens (tertiary/aromatic N) is 3. The Morgan fingerprint density at radius 2 is 2.16 bits per heavy atom. The van der Waals surface area contributed by atoms with E-state index in [9.17, 15) is 4.79 Å². The fourth-order valence-corrected chi connectivity index (χ4v) is 5.18. The number of amides is 1. The zero-order valence-electron chi connectivity index (χ0n) is 17.9. The van der Waals surface area contributed by atoms with Crippen LogP contribution in [-0.2, 0) is 9.53 Å². The van der Waals surface area contributed by atoms with Crippen LogP contribution in [0.3, 0.4) is 0 Å². The Labute approximate surface area is 191 Å². The van der Waals surface area contributed by atoms with Gasteiger partial charge in [-0.15, -0.1) is 11.3 Å². The van der Waals surface area contributed by atoms with E-state index in [0.29, 0.717) is 24.0 Å². The minimum absolute atomic E-state index is 0.00468. The van der Waals surface area contributed by atoms with Crippen LogP contribution < -0.4 is 5.32 Å². The predicted octanol–water partition coefficient (Wildman–Crippen LogP) is 3.92. The lowest BCUT2D eigenvalue weighted by molar-refractivity contribution is -0.119. The highest BCUT2D eigenvalue weighted by Gasteiger charge is 2.21. The molecular formula is C23H28N4O2S2. The van der Waals surface area contributed by atoms with Crippen LogP contribution in [0, 0.1) is 5.92 Å². The molecule has 0 bridgehead atoms. The van der Waals surface area contributed by atoms with E-state index >= 15 is 0 Å². The molecule has 8 heteroatoms. The summed E-state index contributed by atoms with van der Waals surface area (Å²) in [5.41, 5.74) is 0.893. The number of morpholine rings is 1. The van der Waals surface area contributed by atoms with Gasteiger partial charge in [0.15, 0.2) is 5.82 Å². The van der Waals surface area contributed by atoms with Crippen LogP contribution in [0.4, 0.5) is 0 Å². The molecule has 1 fully saturated rings. The highest BCUT2D eigenvalue weighted by molar-refractivity contribution is 8.00. The molecule has 0 saturated carbocycles. The van der Waals surface area contributed by atoms with Crippen molar-refractivity contribution in [2.75, 3.05) is 38.5 Å². The van der Waals surface area contributed by atoms with Gasteiger partial charge in [-0.3, -0.25) is 9.69 Å². The van der Waals surface area contributed by atoms with Gasteiger partial charge in [0.25, 0.3) is 0 Å². The molecule has 1 atom stereocenters. The number of hydrogen-bond donors (Lipinski definition) is 1. The van der Waals surface area contributed by atoms with Gasteiger partial charge in [-0.1, -0.05) is 49.9 Å². The van der Waals surface area contributed by atoms with E-state index in [2.05, 4.69) is 24.1 Å². The van der Waals surface area contributed by atoms with Gasteiger partial charge in [0.2, 0.25) is 5.91 Å². The number of carbonyl (C=O) groups is 1. The molecule has 31 heavy (non-hydrogen) atoms. The van der Waals surface area contributed by atoms with Crippen molar-refractivity contribution in [3.63, 3.8) is 0 Å². The molecule has 0 radical (unpaired) electrons. The predicted molar refractivity (Wildman–Crippen MR) is 128 cm³/mol. The lowest BCUT2D eigenvalue weighted by Gasteiger charge is -2.33. The zero-order chi connectivity index (χ0) is 21.6. The van der Waals surface area contributed by atoms with Crippen LogP contribution in [0.1, 0.15) is 13.8 Å². The first kappa shape index (κ1) is 22.2. The average Bonchev–Trinajstić information content (AvgIpc) is 3.31. The second-order valence-electron chi connectivity index (χ2n) is 8.09. The summed E-state index contributed by atoms with van der Waals surface area (Å²) in [6.07, 6.45) is 0.0479. The largest absolute Gasteiger partial charge is 0.374 e. The van der Waals surface area contributed by atoms with Gasteiger partial charge in [-0.2, -0.15) is 0 Å². The number of aromatic nitrogens is 2.